The summed E-state index contributed by atoms with van der Waals surface area (Å²) in [5.74, 6) is 0.498. The molecule has 10 heteroatoms. The minimum atomic E-state index is -0.267. The van der Waals surface area contributed by atoms with Crippen LogP contribution in [-0.4, -0.2) is 29.1 Å². The van der Waals surface area contributed by atoms with Crippen LogP contribution in [0.5, 0.6) is 0 Å². The molecule has 0 saturated heterocycles. The maximum absolute atomic E-state index is 7.43. The van der Waals surface area contributed by atoms with Crippen molar-refractivity contribution in [2.24, 2.45) is 7.05 Å². The Kier molecular flexibility index (Phi) is 4.64. The van der Waals surface area contributed by atoms with E-state index < -0.39 is 0 Å². The molecule has 0 fully saturated rings. The van der Waals surface area contributed by atoms with Crippen LogP contribution in [0, 0.1) is 6.57 Å². The van der Waals surface area contributed by atoms with E-state index in [9.17, 15) is 0 Å². The van der Waals surface area contributed by atoms with Crippen LogP contribution in [0.25, 0.3) is 32.7 Å². The molecule has 0 radical (unpaired) electrons. The Morgan fingerprint density at radius 2 is 2.03 bits per heavy atom. The van der Waals surface area contributed by atoms with Crippen molar-refractivity contribution in [1.82, 2.24) is 29.1 Å². The quantitative estimate of drug-likeness (QED) is 0.392. The molecule has 4 heterocycles. The number of nitrogens with two attached hydrogens (primary N) is 1. The zero-order valence-corrected chi connectivity index (χ0v) is 18.0. The fraction of sp³-hybridized carbons (Fsp3) is 0.136. The van der Waals surface area contributed by atoms with Crippen molar-refractivity contribution in [2.45, 2.75) is 13.0 Å². The van der Waals surface area contributed by atoms with Crippen LogP contribution in [0.3, 0.4) is 0 Å². The van der Waals surface area contributed by atoms with Gasteiger partial charge in [-0.3, -0.25) is 0 Å². The van der Waals surface area contributed by atoms with Gasteiger partial charge in [-0.25, -0.2) is 24.3 Å². The van der Waals surface area contributed by atoms with E-state index >= 15 is 0 Å². The number of halogens is 1. The lowest BCUT2D eigenvalue weighted by Crippen LogP contribution is -2.12. The number of anilines is 2. The van der Waals surface area contributed by atoms with Gasteiger partial charge in [0, 0.05) is 29.9 Å². The van der Waals surface area contributed by atoms with Gasteiger partial charge in [-0.2, -0.15) is 5.10 Å². The third kappa shape index (κ3) is 3.18. The monoisotopic (exact) mass is 443 g/mol. The van der Waals surface area contributed by atoms with Gasteiger partial charge >= 0.3 is 0 Å². The summed E-state index contributed by atoms with van der Waals surface area (Å²) in [4.78, 5) is 15.9. The van der Waals surface area contributed by atoms with Gasteiger partial charge in [-0.15, -0.1) is 0 Å². The topological polar surface area (TPSA) is 103 Å². The fourth-order valence-electron chi connectivity index (χ4n) is 3.76. The second kappa shape index (κ2) is 7.51. The lowest BCUT2D eigenvalue weighted by Gasteiger charge is -2.19. The maximum atomic E-state index is 7.43. The Labute approximate surface area is 188 Å². The number of nitrogen functional groups attached to an aromatic ring is 1. The molecule has 9 nitrogen and oxygen atoms in total. The second-order valence-corrected chi connectivity index (χ2v) is 7.82. The largest absolute Gasteiger partial charge is 0.392 e. The van der Waals surface area contributed by atoms with Crippen LogP contribution in [0.15, 0.2) is 49.1 Å². The number of fused-ring (bicyclic) bond motifs is 2. The van der Waals surface area contributed by atoms with Crippen molar-refractivity contribution in [3.05, 3.63) is 71.2 Å². The van der Waals surface area contributed by atoms with E-state index in [4.69, 9.17) is 29.0 Å². The molecule has 0 aliphatic rings. The average Bonchev–Trinajstić information content (AvgIpc) is 3.35. The van der Waals surface area contributed by atoms with E-state index in [-0.39, 0.29) is 17.5 Å². The molecular weight excluding hydrogens is 426 g/mol. The third-order valence-corrected chi connectivity index (χ3v) is 5.68. The predicted molar refractivity (Wildman–Crippen MR) is 125 cm³/mol. The first-order valence-electron chi connectivity index (χ1n) is 9.80. The van der Waals surface area contributed by atoms with Gasteiger partial charge in [-0.05, 0) is 30.5 Å². The lowest BCUT2D eigenvalue weighted by molar-refractivity contribution is 0.842. The van der Waals surface area contributed by atoms with Gasteiger partial charge in [0.1, 0.15) is 18.0 Å². The number of nitrogens with one attached hydrogen (secondary N) is 1. The van der Waals surface area contributed by atoms with Crippen LogP contribution in [0.2, 0.25) is 5.15 Å². The van der Waals surface area contributed by atoms with Crippen molar-refractivity contribution in [3.63, 3.8) is 0 Å². The van der Waals surface area contributed by atoms with Gasteiger partial charge in [0.2, 0.25) is 0 Å². The molecular formula is C22H18ClN9. The molecule has 0 spiro atoms. The first-order valence-corrected chi connectivity index (χ1v) is 10.2. The fourth-order valence-corrected chi connectivity index (χ4v) is 3.93. The second-order valence-electron chi connectivity index (χ2n) is 7.43. The number of nitrogens with zero attached hydrogens (tertiary/aromatic N) is 7. The van der Waals surface area contributed by atoms with Crippen molar-refractivity contribution < 1.29 is 0 Å². The third-order valence-electron chi connectivity index (χ3n) is 5.42. The molecule has 32 heavy (non-hydrogen) atoms. The van der Waals surface area contributed by atoms with Crippen LogP contribution in [0.1, 0.15) is 18.5 Å². The van der Waals surface area contributed by atoms with E-state index in [2.05, 4.69) is 47.9 Å². The van der Waals surface area contributed by atoms with Crippen molar-refractivity contribution in [1.29, 1.82) is 0 Å². The molecule has 0 unspecified atom stereocenters. The van der Waals surface area contributed by atoms with Crippen molar-refractivity contribution in [2.75, 3.05) is 11.1 Å². The normalized spacial score (nSPS) is 12.2. The Balaban J connectivity index is 1.67. The van der Waals surface area contributed by atoms with Gasteiger partial charge in [-0.1, -0.05) is 23.7 Å². The van der Waals surface area contributed by atoms with Crippen LogP contribution in [0.4, 0.5) is 17.3 Å². The summed E-state index contributed by atoms with van der Waals surface area (Å²) in [5.41, 5.74) is 10.3. The van der Waals surface area contributed by atoms with Crippen LogP contribution >= 0.6 is 11.6 Å². The zero-order valence-electron chi connectivity index (χ0n) is 17.3. The van der Waals surface area contributed by atoms with Gasteiger partial charge in [0.25, 0.3) is 5.69 Å². The summed E-state index contributed by atoms with van der Waals surface area (Å²) in [6.07, 6.45) is 4.92. The van der Waals surface area contributed by atoms with E-state index in [1.807, 2.05) is 32.3 Å². The smallest absolute Gasteiger partial charge is 0.268 e. The SMILES string of the molecule is [C-]#[N+]c1c(N)ncnc1N[C@@H](C)c1cc2ncc(Cl)n2nc1-c1ccc2ccn(C)c2c1. The molecule has 0 bridgehead atoms. The number of aryl methyl sites for hydroxylation is 1. The molecule has 0 aliphatic heterocycles. The van der Waals surface area contributed by atoms with Crippen LogP contribution in [-0.2, 0) is 7.05 Å². The van der Waals surface area contributed by atoms with Gasteiger partial charge in [0.05, 0.1) is 24.5 Å². The molecule has 158 valence electrons. The highest BCUT2D eigenvalue weighted by Crippen LogP contribution is 2.34. The predicted octanol–water partition coefficient (Wildman–Crippen LogP) is 4.64. The zero-order chi connectivity index (χ0) is 22.4. The first kappa shape index (κ1) is 19.8. The van der Waals surface area contributed by atoms with E-state index in [0.717, 1.165) is 27.7 Å². The summed E-state index contributed by atoms with van der Waals surface area (Å²) in [5, 5.41) is 9.65. The maximum Gasteiger partial charge on any atom is 0.268 e. The minimum absolute atomic E-state index is 0.132. The lowest BCUT2D eigenvalue weighted by atomic mass is 10.0. The Morgan fingerprint density at radius 3 is 2.84 bits per heavy atom. The molecule has 0 aliphatic carbocycles. The van der Waals surface area contributed by atoms with Crippen LogP contribution < -0.4 is 11.1 Å². The Bertz CT molecular complexity index is 1530. The number of aromatic nitrogens is 6. The number of hydrogen-bond acceptors (Lipinski definition) is 6. The first-order chi connectivity index (χ1) is 15.5. The number of rotatable bonds is 4. The summed E-state index contributed by atoms with van der Waals surface area (Å²) in [6.45, 7) is 9.39. The highest BCUT2D eigenvalue weighted by atomic mass is 35.5. The van der Waals surface area contributed by atoms with E-state index in [1.54, 1.807) is 10.7 Å². The van der Waals surface area contributed by atoms with Gasteiger partial charge in [0.15, 0.2) is 10.8 Å². The molecule has 5 aromatic rings. The van der Waals surface area contributed by atoms with E-state index in [0.29, 0.717) is 16.6 Å². The molecule has 0 saturated carbocycles. The number of benzene rings is 1. The standard InChI is InChI=1S/C22H18ClN9/c1-12(29-22-20(25-2)21(24)27-11-28-22)15-9-18-26-10-17(23)32(18)30-19(15)14-5-4-13-6-7-31(3)16(13)8-14/h4-12H,1,3H3,(H3,24,27,28,29)/t12-/m0/s1. The molecule has 5 rings (SSSR count). The summed E-state index contributed by atoms with van der Waals surface area (Å²) < 4.78 is 3.67. The molecule has 4 aromatic heterocycles. The van der Waals surface area contributed by atoms with Crippen molar-refractivity contribution >= 4 is 45.5 Å². The summed E-state index contributed by atoms with van der Waals surface area (Å²) in [7, 11) is 2.01. The molecule has 1 aromatic carbocycles. The Hall–Kier alpha value is -4.16. The molecule has 1 atom stereocenters. The minimum Gasteiger partial charge on any atom is -0.392 e. The van der Waals surface area contributed by atoms with Gasteiger partial charge < -0.3 is 15.6 Å². The van der Waals surface area contributed by atoms with E-state index in [1.165, 1.54) is 6.33 Å². The molecule has 0 amide bonds. The number of hydrogen-bond donors (Lipinski definition) is 2. The highest BCUT2D eigenvalue weighted by molar-refractivity contribution is 6.29. The highest BCUT2D eigenvalue weighted by Gasteiger charge is 2.20. The Morgan fingerprint density at radius 1 is 1.19 bits per heavy atom. The summed E-state index contributed by atoms with van der Waals surface area (Å²) >= 11 is 6.31. The summed E-state index contributed by atoms with van der Waals surface area (Å²) in [6, 6.07) is 9.93. The number of imidazole rings is 1. The molecule has 3 N–H and O–H groups in total. The van der Waals surface area contributed by atoms with Crippen molar-refractivity contribution in [3.8, 4) is 11.3 Å². The average molecular weight is 444 g/mol.